The van der Waals surface area contributed by atoms with Crippen molar-refractivity contribution in [2.45, 2.75) is 0 Å². The first-order valence-corrected chi connectivity index (χ1v) is 0. The van der Waals surface area contributed by atoms with Crippen LogP contribution in [0.15, 0.2) is 0 Å². The molecule has 0 saturated carbocycles. The molecule has 0 bridgehead atoms. The third-order valence-electron chi connectivity index (χ3n) is 0. The van der Waals surface area contributed by atoms with Gasteiger partial charge in [-0.15, -0.1) is 0 Å². The van der Waals surface area contributed by atoms with Crippen LogP contribution in [-0.4, -0.2) is 21.9 Å². The fourth-order valence-corrected chi connectivity index (χ4v) is 0. The standard InChI is InChI=1S/Ag.K.4H2O.Ti.H/h;;4*1H2;;/q;+1;;;;;;-1. The van der Waals surface area contributed by atoms with E-state index in [2.05, 4.69) is 0 Å². The van der Waals surface area contributed by atoms with E-state index in [-0.39, 0.29) is 119 Å². The second kappa shape index (κ2) is 65.4. The molecule has 0 aliphatic heterocycles. The van der Waals surface area contributed by atoms with E-state index in [1.807, 2.05) is 0 Å². The monoisotopic (exact) mass is 267 g/mol. The van der Waals surface area contributed by atoms with E-state index in [4.69, 9.17) is 0 Å². The molecule has 0 aromatic rings. The summed E-state index contributed by atoms with van der Waals surface area (Å²) in [6.45, 7) is 0. The molecular weight excluding hydrogens is 259 g/mol. The van der Waals surface area contributed by atoms with E-state index in [1.54, 1.807) is 0 Å². The molecule has 0 saturated heterocycles. The first-order valence-electron chi connectivity index (χ1n) is 0. The van der Waals surface area contributed by atoms with Gasteiger partial charge in [0.25, 0.3) is 0 Å². The van der Waals surface area contributed by atoms with E-state index in [0.29, 0.717) is 0 Å². The molecule has 8 N–H and O–H groups in total. The summed E-state index contributed by atoms with van der Waals surface area (Å²) >= 11 is 0. The fourth-order valence-electron chi connectivity index (χ4n) is 0. The molecule has 0 rings (SSSR count). The first kappa shape index (κ1) is 92.2. The summed E-state index contributed by atoms with van der Waals surface area (Å²) in [5.74, 6) is 0. The van der Waals surface area contributed by atoms with Gasteiger partial charge in [0, 0.05) is 44.1 Å². The maximum Gasteiger partial charge on any atom is 1.00 e. The summed E-state index contributed by atoms with van der Waals surface area (Å²) in [4.78, 5) is 0. The van der Waals surface area contributed by atoms with Gasteiger partial charge in [0.05, 0.1) is 0 Å². The summed E-state index contributed by atoms with van der Waals surface area (Å²) in [7, 11) is 0. The minimum absolute atomic E-state index is 0. The van der Waals surface area contributed by atoms with Crippen LogP contribution in [0, 0.1) is 0 Å². The average Bonchev–Trinajstić information content (AvgIpc) is 0. The largest absolute Gasteiger partial charge is 1.00 e. The second-order valence-corrected chi connectivity index (χ2v) is 0. The first-order chi connectivity index (χ1) is 0. The topological polar surface area (TPSA) is 126 Å². The Balaban J connectivity index is 0. The number of hydrogen-bond acceptors (Lipinski definition) is 0. The Morgan fingerprint density at radius 3 is 0.714 bits per heavy atom. The third kappa shape index (κ3) is 49.9. The van der Waals surface area contributed by atoms with Gasteiger partial charge in [-0.05, 0) is 0 Å². The van der Waals surface area contributed by atoms with Crippen LogP contribution in [0.5, 0.6) is 0 Å². The SMILES string of the molecule is O.O.O.O.[Ag].[H-].[K+].[Ti]. The van der Waals surface area contributed by atoms with Gasteiger partial charge < -0.3 is 23.3 Å². The zero-order chi connectivity index (χ0) is 0. The van der Waals surface area contributed by atoms with Crippen LogP contribution in [0.4, 0.5) is 0 Å². The molecule has 0 unspecified atom stereocenters. The van der Waals surface area contributed by atoms with Gasteiger partial charge in [-0.25, -0.2) is 0 Å². The molecule has 0 aliphatic rings. The average molecular weight is 268 g/mol. The molecule has 0 atom stereocenters. The van der Waals surface area contributed by atoms with Crippen molar-refractivity contribution in [1.29, 1.82) is 0 Å². The van der Waals surface area contributed by atoms with Crippen molar-refractivity contribution in [2.75, 3.05) is 0 Å². The van der Waals surface area contributed by atoms with Crippen molar-refractivity contribution >= 4 is 0 Å². The van der Waals surface area contributed by atoms with Crippen LogP contribution in [0.1, 0.15) is 1.43 Å². The normalized spacial score (nSPS) is 0. The molecule has 4 nitrogen and oxygen atoms in total. The maximum absolute atomic E-state index is 0. The molecule has 0 aliphatic carbocycles. The summed E-state index contributed by atoms with van der Waals surface area (Å²) in [6.07, 6.45) is 0. The van der Waals surface area contributed by atoms with Crippen LogP contribution in [0.2, 0.25) is 0 Å². The maximum atomic E-state index is 0. The van der Waals surface area contributed by atoms with Crippen LogP contribution >= 0.6 is 0 Å². The molecule has 0 spiro atoms. The van der Waals surface area contributed by atoms with E-state index < -0.39 is 0 Å². The summed E-state index contributed by atoms with van der Waals surface area (Å²) in [5.41, 5.74) is 0. The summed E-state index contributed by atoms with van der Waals surface area (Å²) in [5, 5.41) is 0. The molecule has 0 heterocycles. The number of rotatable bonds is 0. The van der Waals surface area contributed by atoms with E-state index >= 15 is 0 Å². The quantitative estimate of drug-likeness (QED) is 0.387. The fraction of sp³-hybridized carbons (Fsp3) is 0. The number of hydrogen-bond donors (Lipinski definition) is 0. The van der Waals surface area contributed by atoms with Crippen molar-refractivity contribution in [3.05, 3.63) is 0 Å². The van der Waals surface area contributed by atoms with Crippen molar-refractivity contribution in [1.82, 2.24) is 0 Å². The van der Waals surface area contributed by atoms with Crippen molar-refractivity contribution in [3.8, 4) is 0 Å². The van der Waals surface area contributed by atoms with Crippen LogP contribution < -0.4 is 51.4 Å². The predicted octanol–water partition coefficient (Wildman–Crippen LogP) is -6.19. The molecular formula is H9AgKO4Ti. The Hall–Kier alpha value is 2.93. The molecule has 0 aromatic carbocycles. The molecule has 0 amide bonds. The minimum atomic E-state index is 0. The Morgan fingerprint density at radius 2 is 0.714 bits per heavy atom. The van der Waals surface area contributed by atoms with Crippen LogP contribution in [-0.2, 0) is 44.1 Å². The van der Waals surface area contributed by atoms with Gasteiger partial charge >= 0.3 is 51.4 Å². The van der Waals surface area contributed by atoms with Gasteiger partial charge in [0.15, 0.2) is 0 Å². The molecule has 7 heteroatoms. The second-order valence-electron chi connectivity index (χ2n) is 0. The molecule has 49 valence electrons. The van der Waals surface area contributed by atoms with Gasteiger partial charge in [-0.2, -0.15) is 0 Å². The van der Waals surface area contributed by atoms with Crippen LogP contribution in [0.25, 0.3) is 0 Å². The van der Waals surface area contributed by atoms with Crippen molar-refractivity contribution in [2.24, 2.45) is 0 Å². The van der Waals surface area contributed by atoms with E-state index in [9.17, 15) is 0 Å². The summed E-state index contributed by atoms with van der Waals surface area (Å²) in [6, 6.07) is 0. The van der Waals surface area contributed by atoms with Crippen molar-refractivity contribution < 1.29 is 119 Å². The Labute approximate surface area is 116 Å². The third-order valence-corrected chi connectivity index (χ3v) is 0. The Morgan fingerprint density at radius 1 is 0.714 bits per heavy atom. The van der Waals surface area contributed by atoms with E-state index in [0.717, 1.165) is 0 Å². The smallest absolute Gasteiger partial charge is 1.00 e. The molecule has 1 radical (unpaired) electrons. The summed E-state index contributed by atoms with van der Waals surface area (Å²) < 4.78 is 0. The zero-order valence-electron chi connectivity index (χ0n) is 4.80. The molecule has 0 aromatic heterocycles. The molecule has 0 fully saturated rings. The van der Waals surface area contributed by atoms with Gasteiger partial charge in [0.2, 0.25) is 0 Å². The Bertz CT molecular complexity index is 16.0. The van der Waals surface area contributed by atoms with Gasteiger partial charge in [-0.3, -0.25) is 0 Å². The minimum Gasteiger partial charge on any atom is -1.00 e. The van der Waals surface area contributed by atoms with Gasteiger partial charge in [0.1, 0.15) is 0 Å². The van der Waals surface area contributed by atoms with Crippen molar-refractivity contribution in [3.63, 3.8) is 0 Å². The zero-order valence-corrected chi connectivity index (χ0v) is 9.97. The molecule has 7 heavy (non-hydrogen) atoms. The van der Waals surface area contributed by atoms with E-state index in [1.165, 1.54) is 0 Å². The predicted molar refractivity (Wildman–Crippen MR) is 15.6 cm³/mol. The van der Waals surface area contributed by atoms with Gasteiger partial charge in [-0.1, -0.05) is 0 Å². The van der Waals surface area contributed by atoms with Crippen LogP contribution in [0.3, 0.4) is 0 Å². The Kier molecular flexibility index (Phi) is 861.